The molecule has 5 heteroatoms. The molecule has 98 valence electrons. The fraction of sp³-hybridized carbons (Fsp3) is 0.538. The number of hydrogen-bond donors (Lipinski definition) is 1. The SMILES string of the molecule is Cc1cc([N+](=O)[O-])c(N)cc1N1CCCC(C)C1. The van der Waals surface area contributed by atoms with E-state index < -0.39 is 4.92 Å². The molecule has 0 spiro atoms. The van der Waals surface area contributed by atoms with Gasteiger partial charge in [-0.3, -0.25) is 10.1 Å². The molecule has 0 aliphatic carbocycles. The summed E-state index contributed by atoms with van der Waals surface area (Å²) in [6.45, 7) is 6.14. The number of piperidine rings is 1. The number of nitro benzene ring substituents is 1. The molecule has 18 heavy (non-hydrogen) atoms. The lowest BCUT2D eigenvalue weighted by Gasteiger charge is -2.33. The maximum atomic E-state index is 10.8. The van der Waals surface area contributed by atoms with Crippen molar-refractivity contribution in [2.45, 2.75) is 26.7 Å². The number of nitrogen functional groups attached to an aromatic ring is 1. The van der Waals surface area contributed by atoms with E-state index in [9.17, 15) is 10.1 Å². The van der Waals surface area contributed by atoms with Crippen LogP contribution in [0.15, 0.2) is 12.1 Å². The molecule has 5 nitrogen and oxygen atoms in total. The molecule has 1 aliphatic heterocycles. The molecule has 1 heterocycles. The van der Waals surface area contributed by atoms with Gasteiger partial charge in [-0.25, -0.2) is 0 Å². The van der Waals surface area contributed by atoms with Crippen LogP contribution in [0.25, 0.3) is 0 Å². The topological polar surface area (TPSA) is 72.4 Å². The van der Waals surface area contributed by atoms with Crippen molar-refractivity contribution >= 4 is 17.1 Å². The maximum absolute atomic E-state index is 10.8. The van der Waals surface area contributed by atoms with Gasteiger partial charge in [-0.05, 0) is 37.3 Å². The largest absolute Gasteiger partial charge is 0.393 e. The van der Waals surface area contributed by atoms with Crippen LogP contribution in [-0.4, -0.2) is 18.0 Å². The Morgan fingerprint density at radius 2 is 2.22 bits per heavy atom. The first-order chi connectivity index (χ1) is 8.49. The average molecular weight is 249 g/mol. The zero-order chi connectivity index (χ0) is 13.3. The number of anilines is 2. The Kier molecular flexibility index (Phi) is 3.41. The summed E-state index contributed by atoms with van der Waals surface area (Å²) >= 11 is 0. The zero-order valence-electron chi connectivity index (χ0n) is 10.8. The fourth-order valence-electron chi connectivity index (χ4n) is 2.60. The molecule has 1 aliphatic rings. The van der Waals surface area contributed by atoms with Crippen LogP contribution in [0, 0.1) is 23.0 Å². The molecule has 1 aromatic carbocycles. The smallest absolute Gasteiger partial charge is 0.292 e. The fourth-order valence-corrected chi connectivity index (χ4v) is 2.60. The molecule has 0 saturated carbocycles. The van der Waals surface area contributed by atoms with Gasteiger partial charge in [0.05, 0.1) is 4.92 Å². The molecule has 1 aromatic rings. The van der Waals surface area contributed by atoms with Crippen molar-refractivity contribution in [2.24, 2.45) is 5.92 Å². The summed E-state index contributed by atoms with van der Waals surface area (Å²) in [5, 5.41) is 10.8. The van der Waals surface area contributed by atoms with Gasteiger partial charge in [-0.2, -0.15) is 0 Å². The highest BCUT2D eigenvalue weighted by Crippen LogP contribution is 2.33. The highest BCUT2D eigenvalue weighted by Gasteiger charge is 2.21. The van der Waals surface area contributed by atoms with Gasteiger partial charge in [0, 0.05) is 24.8 Å². The van der Waals surface area contributed by atoms with Crippen LogP contribution < -0.4 is 10.6 Å². The first-order valence-corrected chi connectivity index (χ1v) is 6.28. The Morgan fingerprint density at radius 1 is 1.50 bits per heavy atom. The number of nitrogens with zero attached hydrogens (tertiary/aromatic N) is 2. The molecule has 2 rings (SSSR count). The summed E-state index contributed by atoms with van der Waals surface area (Å²) in [6, 6.07) is 3.31. The highest BCUT2D eigenvalue weighted by molar-refractivity contribution is 5.70. The first-order valence-electron chi connectivity index (χ1n) is 6.28. The van der Waals surface area contributed by atoms with Crippen molar-refractivity contribution in [3.05, 3.63) is 27.8 Å². The van der Waals surface area contributed by atoms with E-state index >= 15 is 0 Å². The molecular weight excluding hydrogens is 230 g/mol. The minimum Gasteiger partial charge on any atom is -0.393 e. The number of nitrogens with two attached hydrogens (primary N) is 1. The predicted molar refractivity (Wildman–Crippen MR) is 72.9 cm³/mol. The van der Waals surface area contributed by atoms with Crippen LogP contribution in [0.3, 0.4) is 0 Å². The lowest BCUT2D eigenvalue weighted by Crippen LogP contribution is -2.34. The molecule has 0 radical (unpaired) electrons. The molecule has 1 saturated heterocycles. The second kappa shape index (κ2) is 4.84. The second-order valence-electron chi connectivity index (χ2n) is 5.15. The Hall–Kier alpha value is -1.78. The number of aryl methyl sites for hydroxylation is 1. The van der Waals surface area contributed by atoms with Gasteiger partial charge in [0.15, 0.2) is 0 Å². The van der Waals surface area contributed by atoms with Crippen molar-refractivity contribution in [3.8, 4) is 0 Å². The molecule has 0 bridgehead atoms. The first kappa shape index (κ1) is 12.7. The molecule has 2 N–H and O–H groups in total. The van der Waals surface area contributed by atoms with Crippen molar-refractivity contribution in [1.29, 1.82) is 0 Å². The van der Waals surface area contributed by atoms with Gasteiger partial charge < -0.3 is 10.6 Å². The van der Waals surface area contributed by atoms with Gasteiger partial charge in [0.2, 0.25) is 0 Å². The van der Waals surface area contributed by atoms with Crippen LogP contribution in [0.1, 0.15) is 25.3 Å². The monoisotopic (exact) mass is 249 g/mol. The lowest BCUT2D eigenvalue weighted by atomic mass is 9.98. The van der Waals surface area contributed by atoms with E-state index in [4.69, 9.17) is 5.73 Å². The molecule has 1 atom stereocenters. The number of rotatable bonds is 2. The highest BCUT2D eigenvalue weighted by atomic mass is 16.6. The third-order valence-corrected chi connectivity index (χ3v) is 3.54. The number of benzene rings is 1. The Balaban J connectivity index is 2.34. The Labute approximate surface area is 107 Å². The Morgan fingerprint density at radius 3 is 2.83 bits per heavy atom. The predicted octanol–water partition coefficient (Wildman–Crippen LogP) is 2.72. The van der Waals surface area contributed by atoms with E-state index in [2.05, 4.69) is 11.8 Å². The second-order valence-corrected chi connectivity index (χ2v) is 5.15. The minimum absolute atomic E-state index is 0.00121. The van der Waals surface area contributed by atoms with E-state index in [0.717, 1.165) is 30.8 Å². The lowest BCUT2D eigenvalue weighted by molar-refractivity contribution is -0.383. The maximum Gasteiger partial charge on any atom is 0.292 e. The van der Waals surface area contributed by atoms with Gasteiger partial charge in [-0.15, -0.1) is 0 Å². The number of hydrogen-bond acceptors (Lipinski definition) is 4. The van der Waals surface area contributed by atoms with E-state index in [1.165, 1.54) is 6.42 Å². The minimum atomic E-state index is -0.426. The van der Waals surface area contributed by atoms with Crippen molar-refractivity contribution < 1.29 is 4.92 Å². The van der Waals surface area contributed by atoms with E-state index in [0.29, 0.717) is 5.92 Å². The van der Waals surface area contributed by atoms with Crippen LogP contribution in [0.5, 0.6) is 0 Å². The van der Waals surface area contributed by atoms with Gasteiger partial charge in [-0.1, -0.05) is 6.92 Å². The van der Waals surface area contributed by atoms with Crippen LogP contribution in [-0.2, 0) is 0 Å². The standard InChI is InChI=1S/C13H19N3O2/c1-9-4-3-5-15(8-9)12-7-11(14)13(16(17)18)6-10(12)2/h6-7,9H,3-5,8,14H2,1-2H3. The summed E-state index contributed by atoms with van der Waals surface area (Å²) in [4.78, 5) is 12.7. The summed E-state index contributed by atoms with van der Waals surface area (Å²) in [5.41, 5.74) is 7.97. The third kappa shape index (κ3) is 2.39. The molecule has 1 unspecified atom stereocenters. The van der Waals surface area contributed by atoms with Crippen molar-refractivity contribution in [3.63, 3.8) is 0 Å². The normalized spacial score (nSPS) is 19.9. The number of nitro groups is 1. The zero-order valence-corrected chi connectivity index (χ0v) is 10.8. The molecule has 0 amide bonds. The van der Waals surface area contributed by atoms with Gasteiger partial charge >= 0.3 is 0 Å². The molecule has 0 aromatic heterocycles. The summed E-state index contributed by atoms with van der Waals surface area (Å²) in [5.74, 6) is 0.662. The summed E-state index contributed by atoms with van der Waals surface area (Å²) in [6.07, 6.45) is 2.41. The summed E-state index contributed by atoms with van der Waals surface area (Å²) in [7, 11) is 0. The van der Waals surface area contributed by atoms with E-state index in [1.54, 1.807) is 12.1 Å². The van der Waals surface area contributed by atoms with Crippen LogP contribution >= 0.6 is 0 Å². The molecular formula is C13H19N3O2. The summed E-state index contributed by atoms with van der Waals surface area (Å²) < 4.78 is 0. The van der Waals surface area contributed by atoms with Gasteiger partial charge in [0.1, 0.15) is 5.69 Å². The third-order valence-electron chi connectivity index (χ3n) is 3.54. The van der Waals surface area contributed by atoms with Crippen molar-refractivity contribution in [2.75, 3.05) is 23.7 Å². The molecule has 1 fully saturated rings. The van der Waals surface area contributed by atoms with Gasteiger partial charge in [0.25, 0.3) is 5.69 Å². The Bertz CT molecular complexity index is 474. The van der Waals surface area contributed by atoms with Crippen LogP contribution in [0.4, 0.5) is 17.1 Å². The van der Waals surface area contributed by atoms with Crippen LogP contribution in [0.2, 0.25) is 0 Å². The van der Waals surface area contributed by atoms with E-state index in [1.807, 2.05) is 6.92 Å². The van der Waals surface area contributed by atoms with Crippen molar-refractivity contribution in [1.82, 2.24) is 0 Å². The average Bonchev–Trinajstić information content (AvgIpc) is 2.31. The quantitative estimate of drug-likeness (QED) is 0.497. The van der Waals surface area contributed by atoms with E-state index in [-0.39, 0.29) is 11.4 Å².